The monoisotopic (exact) mass is 407 g/mol. The number of hydrogen-bond acceptors (Lipinski definition) is 5. The van der Waals surface area contributed by atoms with Gasteiger partial charge in [-0.15, -0.1) is 0 Å². The smallest absolute Gasteiger partial charge is 0.307 e. The molecular formula is C20H19ClFNO5. The summed E-state index contributed by atoms with van der Waals surface area (Å²) in [7, 11) is 1.26. The summed E-state index contributed by atoms with van der Waals surface area (Å²) < 4.78 is 29.1. The molecule has 8 heteroatoms. The van der Waals surface area contributed by atoms with Crippen molar-refractivity contribution in [1.82, 2.24) is 5.32 Å². The number of fused-ring (bicyclic) bond motifs is 1. The third kappa shape index (κ3) is 4.72. The van der Waals surface area contributed by atoms with E-state index in [9.17, 15) is 14.0 Å². The second-order valence-corrected chi connectivity index (χ2v) is 6.60. The Morgan fingerprint density at radius 2 is 1.93 bits per heavy atom. The zero-order valence-corrected chi connectivity index (χ0v) is 15.9. The quantitative estimate of drug-likeness (QED) is 0.765. The molecular weight excluding hydrogens is 389 g/mol. The predicted octanol–water partition coefficient (Wildman–Crippen LogP) is 3.67. The van der Waals surface area contributed by atoms with Crippen LogP contribution < -0.4 is 14.8 Å². The number of nitrogens with one attached hydrogen (secondary N) is 1. The molecule has 0 spiro atoms. The molecule has 0 radical (unpaired) electrons. The van der Waals surface area contributed by atoms with Crippen LogP contribution in [0.2, 0.25) is 5.02 Å². The van der Waals surface area contributed by atoms with Crippen molar-refractivity contribution in [3.05, 3.63) is 58.4 Å². The average Bonchev–Trinajstić information content (AvgIpc) is 2.93. The fourth-order valence-corrected chi connectivity index (χ4v) is 3.07. The van der Waals surface area contributed by atoms with Crippen molar-refractivity contribution in [2.75, 3.05) is 20.3 Å². The average molecular weight is 408 g/mol. The molecule has 0 bridgehead atoms. The highest BCUT2D eigenvalue weighted by molar-refractivity contribution is 6.32. The molecule has 1 amide bonds. The van der Waals surface area contributed by atoms with Crippen LogP contribution in [0.5, 0.6) is 11.5 Å². The summed E-state index contributed by atoms with van der Waals surface area (Å²) in [5, 5.41) is 3.03. The molecule has 1 aliphatic rings. The standard InChI is InChI=1S/C20H19ClFNO5/c1-26-18(24)11-16(12-3-5-14(22)6-4-12)23-20(25)13-9-15(21)19-17(10-13)27-7-2-8-28-19/h3-6,9-10,16H,2,7-8,11H2,1H3,(H,23,25). The third-order valence-corrected chi connectivity index (χ3v) is 4.52. The lowest BCUT2D eigenvalue weighted by Crippen LogP contribution is -2.30. The van der Waals surface area contributed by atoms with E-state index in [1.54, 1.807) is 6.07 Å². The Morgan fingerprint density at radius 1 is 1.21 bits per heavy atom. The second-order valence-electron chi connectivity index (χ2n) is 6.19. The zero-order valence-electron chi connectivity index (χ0n) is 15.2. The van der Waals surface area contributed by atoms with Crippen molar-refractivity contribution in [3.63, 3.8) is 0 Å². The van der Waals surface area contributed by atoms with E-state index in [4.69, 9.17) is 25.8 Å². The van der Waals surface area contributed by atoms with Crippen molar-refractivity contribution < 1.29 is 28.2 Å². The second kappa shape index (κ2) is 8.93. The summed E-state index contributed by atoms with van der Waals surface area (Å²) >= 11 is 6.24. The SMILES string of the molecule is COC(=O)CC(NC(=O)c1cc(Cl)c2c(c1)OCCCO2)c1ccc(F)cc1. The van der Waals surface area contributed by atoms with E-state index in [0.717, 1.165) is 0 Å². The van der Waals surface area contributed by atoms with Gasteiger partial charge in [-0.2, -0.15) is 0 Å². The molecule has 2 aromatic carbocycles. The Labute approximate surface area is 166 Å². The van der Waals surface area contributed by atoms with Gasteiger partial charge in [0.15, 0.2) is 11.5 Å². The lowest BCUT2D eigenvalue weighted by Gasteiger charge is -2.19. The summed E-state index contributed by atoms with van der Waals surface area (Å²) in [6, 6.07) is 7.85. The minimum Gasteiger partial charge on any atom is -0.489 e. The van der Waals surface area contributed by atoms with Crippen LogP contribution in [0.3, 0.4) is 0 Å². The fourth-order valence-electron chi connectivity index (χ4n) is 2.80. The lowest BCUT2D eigenvalue weighted by atomic mass is 10.0. The van der Waals surface area contributed by atoms with Crippen LogP contribution in [0.4, 0.5) is 4.39 Å². The van der Waals surface area contributed by atoms with Crippen molar-refractivity contribution in [2.45, 2.75) is 18.9 Å². The molecule has 3 rings (SSSR count). The highest BCUT2D eigenvalue weighted by Crippen LogP contribution is 2.38. The number of ether oxygens (including phenoxy) is 3. The van der Waals surface area contributed by atoms with E-state index in [2.05, 4.69) is 5.32 Å². The first-order valence-corrected chi connectivity index (χ1v) is 9.08. The molecule has 0 fully saturated rings. The fraction of sp³-hybridized carbons (Fsp3) is 0.300. The molecule has 0 aromatic heterocycles. The molecule has 6 nitrogen and oxygen atoms in total. The molecule has 2 aromatic rings. The van der Waals surface area contributed by atoms with E-state index in [-0.39, 0.29) is 17.0 Å². The number of esters is 1. The summed E-state index contributed by atoms with van der Waals surface area (Å²) in [6.45, 7) is 0.930. The van der Waals surface area contributed by atoms with Crippen LogP contribution in [0, 0.1) is 5.82 Å². The Bertz CT molecular complexity index is 872. The summed E-state index contributed by atoms with van der Waals surface area (Å²) in [6.07, 6.45) is 0.602. The third-order valence-electron chi connectivity index (χ3n) is 4.24. The highest BCUT2D eigenvalue weighted by Gasteiger charge is 2.23. The molecule has 148 valence electrons. The first kappa shape index (κ1) is 19.9. The van der Waals surface area contributed by atoms with E-state index in [1.165, 1.54) is 37.4 Å². The number of carbonyl (C=O) groups excluding carboxylic acids is 2. The van der Waals surface area contributed by atoms with Crippen molar-refractivity contribution in [3.8, 4) is 11.5 Å². The molecule has 1 atom stereocenters. The summed E-state index contributed by atoms with van der Waals surface area (Å²) in [5.41, 5.74) is 0.826. The van der Waals surface area contributed by atoms with Crippen LogP contribution in [0.1, 0.15) is 34.8 Å². The Morgan fingerprint density at radius 3 is 2.64 bits per heavy atom. The van der Waals surface area contributed by atoms with Gasteiger partial charge in [0.1, 0.15) is 5.82 Å². The van der Waals surface area contributed by atoms with Gasteiger partial charge in [-0.3, -0.25) is 9.59 Å². The van der Waals surface area contributed by atoms with Gasteiger partial charge in [-0.1, -0.05) is 23.7 Å². The first-order valence-electron chi connectivity index (χ1n) is 8.70. The van der Waals surface area contributed by atoms with Gasteiger partial charge in [-0.05, 0) is 29.8 Å². The van der Waals surface area contributed by atoms with Gasteiger partial charge < -0.3 is 19.5 Å². The van der Waals surface area contributed by atoms with E-state index >= 15 is 0 Å². The van der Waals surface area contributed by atoms with Gasteiger partial charge in [-0.25, -0.2) is 4.39 Å². The number of carbonyl (C=O) groups is 2. The largest absolute Gasteiger partial charge is 0.489 e. The normalized spacial score (nSPS) is 14.0. The van der Waals surface area contributed by atoms with Gasteiger partial charge in [0.25, 0.3) is 5.91 Å². The molecule has 28 heavy (non-hydrogen) atoms. The molecule has 0 saturated heterocycles. The summed E-state index contributed by atoms with van der Waals surface area (Å²) in [5.74, 6) is -0.592. The minimum atomic E-state index is -0.699. The van der Waals surface area contributed by atoms with E-state index in [0.29, 0.717) is 36.7 Å². The highest BCUT2D eigenvalue weighted by atomic mass is 35.5. The van der Waals surface area contributed by atoms with Gasteiger partial charge >= 0.3 is 5.97 Å². The maximum atomic E-state index is 13.2. The lowest BCUT2D eigenvalue weighted by molar-refractivity contribution is -0.141. The Balaban J connectivity index is 1.85. The van der Waals surface area contributed by atoms with Crippen molar-refractivity contribution >= 4 is 23.5 Å². The van der Waals surface area contributed by atoms with Gasteiger partial charge in [0, 0.05) is 12.0 Å². The number of hydrogen-bond donors (Lipinski definition) is 1. The summed E-state index contributed by atoms with van der Waals surface area (Å²) in [4.78, 5) is 24.6. The Hall–Kier alpha value is -2.80. The van der Waals surface area contributed by atoms with Crippen LogP contribution >= 0.6 is 11.6 Å². The molecule has 0 saturated carbocycles. The number of benzene rings is 2. The van der Waals surface area contributed by atoms with Crippen LogP contribution in [0.25, 0.3) is 0 Å². The van der Waals surface area contributed by atoms with Crippen molar-refractivity contribution in [2.24, 2.45) is 0 Å². The van der Waals surface area contributed by atoms with E-state index < -0.39 is 23.7 Å². The van der Waals surface area contributed by atoms with Crippen LogP contribution in [-0.2, 0) is 9.53 Å². The van der Waals surface area contributed by atoms with Crippen LogP contribution in [-0.4, -0.2) is 32.2 Å². The minimum absolute atomic E-state index is 0.105. The number of methoxy groups -OCH3 is 1. The van der Waals surface area contributed by atoms with Gasteiger partial charge in [0.2, 0.25) is 0 Å². The molecule has 1 aliphatic heterocycles. The first-order chi connectivity index (χ1) is 13.5. The van der Waals surface area contributed by atoms with Crippen molar-refractivity contribution in [1.29, 1.82) is 0 Å². The maximum absolute atomic E-state index is 13.2. The van der Waals surface area contributed by atoms with Crippen LogP contribution in [0.15, 0.2) is 36.4 Å². The molecule has 1 heterocycles. The topological polar surface area (TPSA) is 73.9 Å². The number of halogens is 2. The molecule has 1 N–H and O–H groups in total. The number of rotatable bonds is 5. The number of amides is 1. The van der Waals surface area contributed by atoms with Gasteiger partial charge in [0.05, 0.1) is 37.8 Å². The zero-order chi connectivity index (χ0) is 20.1. The van der Waals surface area contributed by atoms with E-state index in [1.807, 2.05) is 0 Å². The molecule has 0 aliphatic carbocycles. The molecule has 1 unspecified atom stereocenters. The maximum Gasteiger partial charge on any atom is 0.307 e. The Kier molecular flexibility index (Phi) is 6.36. The predicted molar refractivity (Wildman–Crippen MR) is 100 cm³/mol.